The first-order chi connectivity index (χ1) is 12.5. The molecule has 0 fully saturated rings. The molecule has 3 aromatic rings. The van der Waals surface area contributed by atoms with Crippen LogP contribution in [0, 0.1) is 5.82 Å². The van der Waals surface area contributed by atoms with Gasteiger partial charge < -0.3 is 10.1 Å². The number of pyridine rings is 1. The number of carbonyl (C=O) groups is 2. The zero-order valence-corrected chi connectivity index (χ0v) is 14.3. The predicted molar refractivity (Wildman–Crippen MR) is 95.3 cm³/mol. The fraction of sp³-hybridized carbons (Fsp3) is 0.105. The lowest BCUT2D eigenvalue weighted by atomic mass is 10.1. The summed E-state index contributed by atoms with van der Waals surface area (Å²) in [7, 11) is 0. The molecule has 0 spiro atoms. The minimum atomic E-state index is -0.636. The Bertz CT molecular complexity index is 978. The molecule has 1 N–H and O–H groups in total. The van der Waals surface area contributed by atoms with Gasteiger partial charge in [0.15, 0.2) is 6.61 Å². The summed E-state index contributed by atoms with van der Waals surface area (Å²) in [6.07, 6.45) is 0. The topological polar surface area (TPSA) is 68.3 Å². The molecule has 0 aliphatic carbocycles. The fourth-order valence-electron chi connectivity index (χ4n) is 2.33. The van der Waals surface area contributed by atoms with Crippen LogP contribution in [0.5, 0.6) is 0 Å². The van der Waals surface area contributed by atoms with Crippen LogP contribution in [-0.4, -0.2) is 23.5 Å². The quantitative estimate of drug-likeness (QED) is 0.549. The second-order valence-electron chi connectivity index (χ2n) is 5.49. The highest BCUT2D eigenvalue weighted by molar-refractivity contribution is 6.29. The summed E-state index contributed by atoms with van der Waals surface area (Å²) in [6, 6.07) is 14.3. The van der Waals surface area contributed by atoms with Crippen molar-refractivity contribution in [3.05, 3.63) is 76.7 Å². The van der Waals surface area contributed by atoms with Crippen molar-refractivity contribution in [2.24, 2.45) is 0 Å². The van der Waals surface area contributed by atoms with Gasteiger partial charge in [0.25, 0.3) is 5.91 Å². The van der Waals surface area contributed by atoms with Crippen LogP contribution < -0.4 is 5.32 Å². The molecular weight excluding hydrogens is 359 g/mol. The number of benzene rings is 2. The number of nitrogens with one attached hydrogen (secondary N) is 1. The van der Waals surface area contributed by atoms with E-state index in [2.05, 4.69) is 10.3 Å². The Morgan fingerprint density at radius 1 is 1.12 bits per heavy atom. The number of amides is 1. The van der Waals surface area contributed by atoms with E-state index in [4.69, 9.17) is 16.3 Å². The van der Waals surface area contributed by atoms with E-state index < -0.39 is 24.3 Å². The van der Waals surface area contributed by atoms with Crippen LogP contribution in [0.25, 0.3) is 10.9 Å². The lowest BCUT2D eigenvalue weighted by Gasteiger charge is -2.08. The highest BCUT2D eigenvalue weighted by Crippen LogP contribution is 2.17. The Labute approximate surface area is 153 Å². The second kappa shape index (κ2) is 7.93. The molecule has 0 saturated carbocycles. The smallest absolute Gasteiger partial charge is 0.338 e. The summed E-state index contributed by atoms with van der Waals surface area (Å²) in [5, 5.41) is 3.59. The van der Waals surface area contributed by atoms with Crippen molar-refractivity contribution in [3.63, 3.8) is 0 Å². The third kappa shape index (κ3) is 4.34. The van der Waals surface area contributed by atoms with Crippen molar-refractivity contribution in [3.8, 4) is 0 Å². The van der Waals surface area contributed by atoms with E-state index in [-0.39, 0.29) is 6.54 Å². The van der Waals surface area contributed by atoms with Crippen LogP contribution in [0.15, 0.2) is 54.6 Å². The zero-order valence-electron chi connectivity index (χ0n) is 13.5. The summed E-state index contributed by atoms with van der Waals surface area (Å²) in [6.45, 7) is -0.435. The summed E-state index contributed by atoms with van der Waals surface area (Å²) >= 11 is 5.82. The van der Waals surface area contributed by atoms with Crippen LogP contribution in [-0.2, 0) is 16.1 Å². The second-order valence-corrected chi connectivity index (χ2v) is 5.87. The average Bonchev–Trinajstić information content (AvgIpc) is 2.65. The van der Waals surface area contributed by atoms with E-state index in [1.54, 1.807) is 48.5 Å². The summed E-state index contributed by atoms with van der Waals surface area (Å²) in [4.78, 5) is 28.0. The van der Waals surface area contributed by atoms with E-state index in [1.165, 1.54) is 6.07 Å². The summed E-state index contributed by atoms with van der Waals surface area (Å²) < 4.78 is 18.5. The maximum absolute atomic E-state index is 13.5. The molecule has 26 heavy (non-hydrogen) atoms. The van der Waals surface area contributed by atoms with Gasteiger partial charge in [-0.1, -0.05) is 29.8 Å². The summed E-state index contributed by atoms with van der Waals surface area (Å²) in [5.74, 6) is -1.56. The van der Waals surface area contributed by atoms with E-state index in [9.17, 15) is 14.0 Å². The van der Waals surface area contributed by atoms with Crippen LogP contribution in [0.1, 0.15) is 15.9 Å². The largest absolute Gasteiger partial charge is 0.452 e. The van der Waals surface area contributed by atoms with Crippen LogP contribution in [0.3, 0.4) is 0 Å². The molecule has 0 radical (unpaired) electrons. The first kappa shape index (κ1) is 17.8. The molecule has 1 amide bonds. The molecule has 3 rings (SSSR count). The van der Waals surface area contributed by atoms with Gasteiger partial charge in [-0.15, -0.1) is 0 Å². The van der Waals surface area contributed by atoms with Crippen molar-refractivity contribution < 1.29 is 18.7 Å². The molecule has 0 atom stereocenters. The van der Waals surface area contributed by atoms with Crippen molar-refractivity contribution in [1.82, 2.24) is 10.3 Å². The molecular formula is C19H14ClFN2O3. The van der Waals surface area contributed by atoms with Crippen molar-refractivity contribution in [2.45, 2.75) is 6.54 Å². The van der Waals surface area contributed by atoms with Gasteiger partial charge in [-0.05, 0) is 36.4 Å². The maximum Gasteiger partial charge on any atom is 0.338 e. The molecule has 0 aliphatic rings. The molecule has 0 bridgehead atoms. The maximum atomic E-state index is 13.5. The van der Waals surface area contributed by atoms with Crippen molar-refractivity contribution in [1.29, 1.82) is 0 Å². The van der Waals surface area contributed by atoms with Gasteiger partial charge in [-0.2, -0.15) is 0 Å². The Kier molecular flexibility index (Phi) is 5.43. The number of hydrogen-bond donors (Lipinski definition) is 1. The number of aromatic nitrogens is 1. The monoisotopic (exact) mass is 372 g/mol. The highest BCUT2D eigenvalue weighted by Gasteiger charge is 2.12. The van der Waals surface area contributed by atoms with Gasteiger partial charge in [0, 0.05) is 17.5 Å². The molecule has 132 valence electrons. The lowest BCUT2D eigenvalue weighted by Crippen LogP contribution is -2.28. The van der Waals surface area contributed by atoms with E-state index >= 15 is 0 Å². The Hall–Kier alpha value is -2.99. The molecule has 5 nitrogen and oxygen atoms in total. The van der Waals surface area contributed by atoms with Gasteiger partial charge in [-0.25, -0.2) is 14.2 Å². The number of hydrogen-bond acceptors (Lipinski definition) is 4. The van der Waals surface area contributed by atoms with E-state index in [0.29, 0.717) is 21.8 Å². The minimum absolute atomic E-state index is 0.0193. The van der Waals surface area contributed by atoms with Crippen LogP contribution >= 0.6 is 11.6 Å². The molecule has 2 aromatic carbocycles. The lowest BCUT2D eigenvalue weighted by molar-refractivity contribution is -0.124. The minimum Gasteiger partial charge on any atom is -0.452 e. The first-order valence-corrected chi connectivity index (χ1v) is 8.14. The van der Waals surface area contributed by atoms with Crippen LogP contribution in [0.4, 0.5) is 4.39 Å². The first-order valence-electron chi connectivity index (χ1n) is 7.76. The number of fused-ring (bicyclic) bond motifs is 1. The third-order valence-electron chi connectivity index (χ3n) is 3.66. The molecule has 1 heterocycles. The van der Waals surface area contributed by atoms with Crippen molar-refractivity contribution >= 4 is 34.4 Å². The van der Waals surface area contributed by atoms with Gasteiger partial charge in [-0.3, -0.25) is 4.79 Å². The standard InChI is InChI=1S/C19H14ClFN2O3/c20-17-8-6-12-9-13(5-7-16(12)23-17)19(25)26-11-18(24)22-10-14-3-1-2-4-15(14)21/h1-9H,10-11H2,(H,22,24). The Balaban J connectivity index is 1.55. The number of rotatable bonds is 5. The van der Waals surface area contributed by atoms with E-state index in [0.717, 1.165) is 5.39 Å². The number of esters is 1. The highest BCUT2D eigenvalue weighted by atomic mass is 35.5. The third-order valence-corrected chi connectivity index (χ3v) is 3.87. The predicted octanol–water partition coefficient (Wildman–Crippen LogP) is 3.50. The van der Waals surface area contributed by atoms with Gasteiger partial charge in [0.2, 0.25) is 0 Å². The van der Waals surface area contributed by atoms with Gasteiger partial charge in [0.1, 0.15) is 11.0 Å². The Morgan fingerprint density at radius 3 is 2.73 bits per heavy atom. The average molecular weight is 373 g/mol. The molecule has 0 saturated heterocycles. The zero-order chi connectivity index (χ0) is 18.5. The number of carbonyl (C=O) groups excluding carboxylic acids is 2. The van der Waals surface area contributed by atoms with Gasteiger partial charge in [0.05, 0.1) is 11.1 Å². The SMILES string of the molecule is O=C(COC(=O)c1ccc2nc(Cl)ccc2c1)NCc1ccccc1F. The van der Waals surface area contributed by atoms with Gasteiger partial charge >= 0.3 is 5.97 Å². The number of ether oxygens (including phenoxy) is 1. The van der Waals surface area contributed by atoms with Crippen LogP contribution in [0.2, 0.25) is 5.15 Å². The number of halogens is 2. The molecule has 0 aliphatic heterocycles. The number of nitrogens with zero attached hydrogens (tertiary/aromatic N) is 1. The van der Waals surface area contributed by atoms with E-state index in [1.807, 2.05) is 0 Å². The molecule has 0 unspecified atom stereocenters. The fourth-order valence-corrected chi connectivity index (χ4v) is 2.48. The Morgan fingerprint density at radius 2 is 1.92 bits per heavy atom. The molecule has 1 aromatic heterocycles. The normalized spacial score (nSPS) is 10.5. The summed E-state index contributed by atoms with van der Waals surface area (Å²) in [5.41, 5.74) is 1.30. The molecule has 7 heteroatoms. The van der Waals surface area contributed by atoms with Crippen molar-refractivity contribution in [2.75, 3.05) is 6.61 Å².